The zero-order valence-corrected chi connectivity index (χ0v) is 17.8. The molecule has 0 aliphatic rings. The Balaban J connectivity index is 1.86. The van der Waals surface area contributed by atoms with Crippen LogP contribution in [0.3, 0.4) is 0 Å². The molecule has 2 heterocycles. The quantitative estimate of drug-likeness (QED) is 0.412. The molecule has 0 radical (unpaired) electrons. The average Bonchev–Trinajstić information content (AvgIpc) is 3.10. The molecule has 0 N–H and O–H groups in total. The molecule has 0 atom stereocenters. The largest absolute Gasteiger partial charge is 0.340 e. The Labute approximate surface area is 176 Å². The van der Waals surface area contributed by atoms with Crippen LogP contribution in [0.25, 0.3) is 11.3 Å². The van der Waals surface area contributed by atoms with Gasteiger partial charge in [-0.15, -0.1) is 0 Å². The summed E-state index contributed by atoms with van der Waals surface area (Å²) in [6.07, 6.45) is 4.58. The second-order valence-electron chi connectivity index (χ2n) is 7.49. The van der Waals surface area contributed by atoms with Crippen LogP contribution in [-0.2, 0) is 13.6 Å². The van der Waals surface area contributed by atoms with E-state index in [1.54, 1.807) is 34.8 Å². The summed E-state index contributed by atoms with van der Waals surface area (Å²) in [5, 5.41) is 0. The van der Waals surface area contributed by atoms with Crippen molar-refractivity contribution in [3.63, 3.8) is 0 Å². The van der Waals surface area contributed by atoms with Crippen molar-refractivity contribution in [1.82, 2.24) is 19.4 Å². The van der Waals surface area contributed by atoms with Crippen molar-refractivity contribution in [3.05, 3.63) is 66.4 Å². The van der Waals surface area contributed by atoms with E-state index in [0.717, 1.165) is 12.1 Å². The Morgan fingerprint density at radius 3 is 2.23 bits per heavy atom. The summed E-state index contributed by atoms with van der Waals surface area (Å²) in [5.41, 5.74) is 1.52. The number of hydrogen-bond donors (Lipinski definition) is 0. The average molecular weight is 460 g/mol. The Morgan fingerprint density at radius 1 is 1.06 bits per heavy atom. The number of halogens is 5. The minimum Gasteiger partial charge on any atom is -0.340 e. The summed E-state index contributed by atoms with van der Waals surface area (Å²) in [7, 11) is -7.98. The van der Waals surface area contributed by atoms with Gasteiger partial charge in [-0.2, -0.15) is 0 Å². The van der Waals surface area contributed by atoms with Crippen LogP contribution in [0.15, 0.2) is 60.0 Å². The summed E-state index contributed by atoms with van der Waals surface area (Å²) >= 11 is 0. The third kappa shape index (κ3) is 5.40. The lowest BCUT2D eigenvalue weighted by molar-refractivity contribution is 0.0684. The van der Waals surface area contributed by atoms with E-state index in [2.05, 4.69) is 9.97 Å². The van der Waals surface area contributed by atoms with E-state index in [0.29, 0.717) is 23.4 Å². The highest BCUT2D eigenvalue weighted by molar-refractivity contribution is 8.45. The maximum atomic E-state index is 12.9. The number of aryl methyl sites for hydroxylation is 1. The van der Waals surface area contributed by atoms with Crippen LogP contribution in [0.1, 0.15) is 29.9 Å². The number of hydrogen-bond acceptors (Lipinski definition) is 3. The Morgan fingerprint density at radius 2 is 1.71 bits per heavy atom. The standard InChI is InChI=1S/C20H21F5N4OS/c1-14(2)29(20(30)19-12-28(3)13-27-19)11-15-8-9-26-18(10-15)16-4-6-17(7-5-16)31(21,22,23,24)25/h4-10,12-14H,11H2,1-3H3. The first-order valence-electron chi connectivity index (χ1n) is 9.22. The van der Waals surface area contributed by atoms with Crippen LogP contribution in [0.2, 0.25) is 0 Å². The van der Waals surface area contributed by atoms with Gasteiger partial charge in [0.15, 0.2) is 0 Å². The topological polar surface area (TPSA) is 51.0 Å². The molecule has 0 fully saturated rings. The van der Waals surface area contributed by atoms with E-state index < -0.39 is 15.1 Å². The first-order valence-corrected chi connectivity index (χ1v) is 11.2. The fourth-order valence-electron chi connectivity index (χ4n) is 2.97. The highest BCUT2D eigenvalue weighted by Crippen LogP contribution is 3.02. The van der Waals surface area contributed by atoms with Gasteiger partial charge in [-0.05, 0) is 43.7 Å². The van der Waals surface area contributed by atoms with E-state index in [-0.39, 0.29) is 29.8 Å². The fourth-order valence-corrected chi connectivity index (χ4v) is 3.62. The second kappa shape index (κ2) is 7.04. The normalized spacial score (nSPS) is 14.2. The number of aromatic nitrogens is 3. The molecule has 0 saturated carbocycles. The molecule has 0 aliphatic heterocycles. The third-order valence-corrected chi connectivity index (χ3v) is 5.74. The molecule has 5 nitrogen and oxygen atoms in total. The van der Waals surface area contributed by atoms with Crippen molar-refractivity contribution in [2.75, 3.05) is 0 Å². The van der Waals surface area contributed by atoms with E-state index in [4.69, 9.17) is 0 Å². The van der Waals surface area contributed by atoms with E-state index in [1.807, 2.05) is 13.8 Å². The lowest BCUT2D eigenvalue weighted by atomic mass is 10.1. The van der Waals surface area contributed by atoms with Gasteiger partial charge in [0.2, 0.25) is 0 Å². The van der Waals surface area contributed by atoms with E-state index >= 15 is 0 Å². The first kappa shape index (κ1) is 22.7. The molecular weight excluding hydrogens is 439 g/mol. The van der Waals surface area contributed by atoms with E-state index in [9.17, 15) is 24.2 Å². The smallest absolute Gasteiger partial charge is 0.310 e. The third-order valence-electron chi connectivity index (χ3n) is 4.58. The number of carbonyl (C=O) groups excluding carboxylic acids is 1. The Kier molecular flexibility index (Phi) is 5.16. The first-order chi connectivity index (χ1) is 14.1. The number of imidazole rings is 1. The van der Waals surface area contributed by atoms with Crippen LogP contribution in [-0.4, -0.2) is 31.4 Å². The molecule has 168 valence electrons. The van der Waals surface area contributed by atoms with Crippen molar-refractivity contribution in [3.8, 4) is 11.3 Å². The molecule has 0 spiro atoms. The van der Waals surface area contributed by atoms with Gasteiger partial charge in [0, 0.05) is 37.6 Å². The predicted molar refractivity (Wildman–Crippen MR) is 109 cm³/mol. The number of pyridine rings is 1. The summed E-state index contributed by atoms with van der Waals surface area (Å²) < 4.78 is 66.3. The molecule has 2 aromatic heterocycles. The lowest BCUT2D eigenvalue weighted by Gasteiger charge is -2.40. The van der Waals surface area contributed by atoms with Gasteiger partial charge >= 0.3 is 10.2 Å². The summed E-state index contributed by atoms with van der Waals surface area (Å²) in [6, 6.07) is 5.76. The summed E-state index contributed by atoms with van der Waals surface area (Å²) in [6.45, 7) is 3.91. The second-order valence-corrected chi connectivity index (χ2v) is 9.90. The van der Waals surface area contributed by atoms with Gasteiger partial charge in [0.1, 0.15) is 10.6 Å². The molecule has 0 saturated heterocycles. The number of rotatable bonds is 6. The monoisotopic (exact) mass is 460 g/mol. The van der Waals surface area contributed by atoms with Gasteiger partial charge < -0.3 is 9.47 Å². The van der Waals surface area contributed by atoms with Gasteiger partial charge in [-0.1, -0.05) is 31.6 Å². The molecule has 11 heteroatoms. The summed E-state index contributed by atoms with van der Waals surface area (Å²) in [5.74, 6) is -0.269. The van der Waals surface area contributed by atoms with Crippen LogP contribution in [0.5, 0.6) is 0 Å². The van der Waals surface area contributed by atoms with Gasteiger partial charge in [0.05, 0.1) is 12.0 Å². The molecule has 3 aromatic rings. The molecule has 0 bridgehead atoms. The van der Waals surface area contributed by atoms with Crippen LogP contribution in [0.4, 0.5) is 19.4 Å². The molecule has 0 unspecified atom stereocenters. The lowest BCUT2D eigenvalue weighted by Crippen LogP contribution is -2.36. The van der Waals surface area contributed by atoms with Gasteiger partial charge in [-0.25, -0.2) is 4.98 Å². The predicted octanol–water partition coefficient (Wildman–Crippen LogP) is 6.19. The van der Waals surface area contributed by atoms with Gasteiger partial charge in [-0.3, -0.25) is 9.78 Å². The minimum absolute atomic E-state index is 0.150. The molecule has 31 heavy (non-hydrogen) atoms. The fraction of sp³-hybridized carbons (Fsp3) is 0.250. The van der Waals surface area contributed by atoms with Crippen molar-refractivity contribution in [2.45, 2.75) is 31.3 Å². The zero-order valence-electron chi connectivity index (χ0n) is 17.0. The number of carbonyl (C=O) groups is 1. The van der Waals surface area contributed by atoms with Crippen LogP contribution in [0, 0.1) is 0 Å². The molecular formula is C20H21F5N4OS. The van der Waals surface area contributed by atoms with E-state index in [1.165, 1.54) is 12.5 Å². The highest BCUT2D eigenvalue weighted by Gasteiger charge is 2.65. The minimum atomic E-state index is -9.73. The van der Waals surface area contributed by atoms with Crippen LogP contribution < -0.4 is 0 Å². The maximum absolute atomic E-state index is 12.9. The number of benzene rings is 1. The maximum Gasteiger partial charge on any atom is 0.310 e. The SMILES string of the molecule is CC(C)N(Cc1ccnc(-c2ccc(S(F)(F)(F)(F)F)cc2)c1)C(=O)c1cn(C)cn1. The Hall–Kier alpha value is -2.95. The van der Waals surface area contributed by atoms with Crippen LogP contribution >= 0.6 is 10.2 Å². The molecule has 1 aromatic carbocycles. The molecule has 1 amide bonds. The zero-order chi connectivity index (χ0) is 23.1. The number of amides is 1. The molecule has 3 rings (SSSR count). The highest BCUT2D eigenvalue weighted by atomic mass is 32.5. The van der Waals surface area contributed by atoms with Crippen molar-refractivity contribution in [1.29, 1.82) is 0 Å². The van der Waals surface area contributed by atoms with Gasteiger partial charge in [0.25, 0.3) is 5.91 Å². The van der Waals surface area contributed by atoms with Crippen molar-refractivity contribution >= 4 is 16.1 Å². The van der Waals surface area contributed by atoms with Crippen molar-refractivity contribution < 1.29 is 24.2 Å². The van der Waals surface area contributed by atoms with Crippen molar-refractivity contribution in [2.24, 2.45) is 7.05 Å². The molecule has 0 aliphatic carbocycles. The summed E-state index contributed by atoms with van der Waals surface area (Å²) in [4.78, 5) is 20.6. The number of nitrogens with zero attached hydrogens (tertiary/aromatic N) is 4. The Bertz CT molecular complexity index is 1110.